The number of rotatable bonds is 11. The number of nitrogens with one attached hydrogen (secondary N) is 1. The van der Waals surface area contributed by atoms with Crippen LogP contribution in [0.15, 0.2) is 72.8 Å². The third kappa shape index (κ3) is 7.85. The van der Waals surface area contributed by atoms with Gasteiger partial charge in [0, 0.05) is 24.5 Å². The first-order valence-electron chi connectivity index (χ1n) is 12.3. The van der Waals surface area contributed by atoms with Crippen molar-refractivity contribution in [1.82, 2.24) is 10.2 Å². The first-order chi connectivity index (χ1) is 17.2. The summed E-state index contributed by atoms with van der Waals surface area (Å²) in [5.41, 5.74) is 3.82. The third-order valence-electron chi connectivity index (χ3n) is 5.94. The van der Waals surface area contributed by atoms with E-state index in [1.54, 1.807) is 11.0 Å². The van der Waals surface area contributed by atoms with Crippen molar-refractivity contribution in [3.63, 3.8) is 0 Å². The summed E-state index contributed by atoms with van der Waals surface area (Å²) in [4.78, 5) is 28.7. The summed E-state index contributed by atoms with van der Waals surface area (Å²) in [6.45, 7) is 8.58. The molecular formula is C30H35ClN2O3. The van der Waals surface area contributed by atoms with Gasteiger partial charge in [0.15, 0.2) is 6.61 Å². The Kier molecular flexibility index (Phi) is 9.95. The van der Waals surface area contributed by atoms with Crippen LogP contribution in [0.5, 0.6) is 5.75 Å². The zero-order valence-electron chi connectivity index (χ0n) is 21.5. The molecule has 1 atom stereocenters. The van der Waals surface area contributed by atoms with E-state index in [9.17, 15) is 9.59 Å². The second-order valence-corrected chi connectivity index (χ2v) is 9.92. The smallest absolute Gasteiger partial charge is 0.261 e. The second kappa shape index (κ2) is 13.1. The lowest BCUT2D eigenvalue weighted by Gasteiger charge is -2.32. The molecule has 0 aliphatic rings. The second-order valence-electron chi connectivity index (χ2n) is 9.52. The van der Waals surface area contributed by atoms with E-state index in [-0.39, 0.29) is 30.9 Å². The maximum atomic E-state index is 13.7. The normalized spacial score (nSPS) is 11.7. The molecule has 0 aliphatic heterocycles. The molecule has 0 radical (unpaired) electrons. The molecule has 6 heteroatoms. The van der Waals surface area contributed by atoms with Crippen molar-refractivity contribution in [2.75, 3.05) is 13.2 Å². The van der Waals surface area contributed by atoms with Gasteiger partial charge in [0.25, 0.3) is 5.91 Å². The van der Waals surface area contributed by atoms with Crippen molar-refractivity contribution in [3.05, 3.63) is 100 Å². The van der Waals surface area contributed by atoms with Crippen LogP contribution in [0.4, 0.5) is 0 Å². The summed E-state index contributed by atoms with van der Waals surface area (Å²) >= 11 is 6.46. The van der Waals surface area contributed by atoms with Crippen molar-refractivity contribution < 1.29 is 14.3 Å². The van der Waals surface area contributed by atoms with Crippen molar-refractivity contribution in [2.45, 2.75) is 46.7 Å². The molecule has 0 aromatic heterocycles. The van der Waals surface area contributed by atoms with Gasteiger partial charge in [0.2, 0.25) is 5.91 Å². The molecule has 0 saturated heterocycles. The Morgan fingerprint density at radius 3 is 2.33 bits per heavy atom. The van der Waals surface area contributed by atoms with E-state index in [0.29, 0.717) is 23.7 Å². The molecule has 0 aliphatic carbocycles. The van der Waals surface area contributed by atoms with Gasteiger partial charge in [-0.3, -0.25) is 9.59 Å². The standard InChI is InChI=1S/C30H35ClN2O3/c1-21(2)18-32-30(35)27(17-24-10-6-5-7-11-24)33(19-25-12-8-9-13-26(25)31)29(34)20-36-28-15-14-22(3)16-23(28)4/h5-16,21,27H,17-20H2,1-4H3,(H,32,35)/t27-/m1/s1. The van der Waals surface area contributed by atoms with E-state index in [4.69, 9.17) is 16.3 Å². The Hall–Kier alpha value is -3.31. The SMILES string of the molecule is Cc1ccc(OCC(=O)N(Cc2ccccc2Cl)[C@H](Cc2ccccc2)C(=O)NCC(C)C)c(C)c1. The minimum atomic E-state index is -0.724. The van der Waals surface area contributed by atoms with Gasteiger partial charge in [0.05, 0.1) is 0 Å². The fraction of sp³-hybridized carbons (Fsp3) is 0.333. The fourth-order valence-electron chi connectivity index (χ4n) is 3.97. The summed E-state index contributed by atoms with van der Waals surface area (Å²) < 4.78 is 5.92. The van der Waals surface area contributed by atoms with E-state index in [2.05, 4.69) is 5.32 Å². The Morgan fingerprint density at radius 1 is 0.972 bits per heavy atom. The zero-order valence-corrected chi connectivity index (χ0v) is 22.2. The largest absolute Gasteiger partial charge is 0.483 e. The van der Waals surface area contributed by atoms with Crippen LogP contribution in [0, 0.1) is 19.8 Å². The van der Waals surface area contributed by atoms with Crippen LogP contribution in [0.1, 0.15) is 36.1 Å². The molecule has 3 aromatic rings. The summed E-state index contributed by atoms with van der Waals surface area (Å²) in [7, 11) is 0. The van der Waals surface area contributed by atoms with Gasteiger partial charge in [-0.15, -0.1) is 0 Å². The van der Waals surface area contributed by atoms with Crippen LogP contribution < -0.4 is 10.1 Å². The molecule has 190 valence electrons. The van der Waals surface area contributed by atoms with Crippen molar-refractivity contribution in [1.29, 1.82) is 0 Å². The van der Waals surface area contributed by atoms with E-state index in [0.717, 1.165) is 22.3 Å². The fourth-order valence-corrected chi connectivity index (χ4v) is 4.17. The quantitative estimate of drug-likeness (QED) is 0.360. The van der Waals surface area contributed by atoms with E-state index >= 15 is 0 Å². The number of hydrogen-bond acceptors (Lipinski definition) is 3. The third-order valence-corrected chi connectivity index (χ3v) is 6.30. The monoisotopic (exact) mass is 506 g/mol. The molecule has 0 saturated carbocycles. The maximum Gasteiger partial charge on any atom is 0.261 e. The molecule has 0 unspecified atom stereocenters. The highest BCUT2D eigenvalue weighted by Crippen LogP contribution is 2.22. The lowest BCUT2D eigenvalue weighted by atomic mass is 10.0. The zero-order chi connectivity index (χ0) is 26.1. The molecule has 0 heterocycles. The molecular weight excluding hydrogens is 472 g/mol. The minimum Gasteiger partial charge on any atom is -0.483 e. The van der Waals surface area contributed by atoms with Crippen LogP contribution in [-0.4, -0.2) is 35.9 Å². The molecule has 0 spiro atoms. The molecule has 0 bridgehead atoms. The van der Waals surface area contributed by atoms with Gasteiger partial charge in [-0.05, 0) is 48.6 Å². The number of carbonyl (C=O) groups excluding carboxylic acids is 2. The number of nitrogens with zero attached hydrogens (tertiary/aromatic N) is 1. The summed E-state index contributed by atoms with van der Waals surface area (Å²) in [6, 6.07) is 22.2. The summed E-state index contributed by atoms with van der Waals surface area (Å²) in [5, 5.41) is 3.57. The Bertz CT molecular complexity index is 1160. The van der Waals surface area contributed by atoms with Crippen LogP contribution in [0.3, 0.4) is 0 Å². The first kappa shape index (κ1) is 27.3. The van der Waals surface area contributed by atoms with E-state index < -0.39 is 6.04 Å². The lowest BCUT2D eigenvalue weighted by molar-refractivity contribution is -0.142. The topological polar surface area (TPSA) is 58.6 Å². The maximum absolute atomic E-state index is 13.7. The average molecular weight is 507 g/mol. The van der Waals surface area contributed by atoms with Gasteiger partial charge < -0.3 is 15.0 Å². The highest BCUT2D eigenvalue weighted by Gasteiger charge is 2.31. The molecule has 2 amide bonds. The van der Waals surface area contributed by atoms with Gasteiger partial charge in [-0.2, -0.15) is 0 Å². The predicted octanol–water partition coefficient (Wildman–Crippen LogP) is 5.75. The Balaban J connectivity index is 1.92. The van der Waals surface area contributed by atoms with Crippen molar-refractivity contribution in [2.24, 2.45) is 5.92 Å². The van der Waals surface area contributed by atoms with Crippen LogP contribution >= 0.6 is 11.6 Å². The molecule has 0 fully saturated rings. The molecule has 3 aromatic carbocycles. The summed E-state index contributed by atoms with van der Waals surface area (Å²) in [6.07, 6.45) is 0.379. The number of amides is 2. The number of carbonyl (C=O) groups is 2. The van der Waals surface area contributed by atoms with Gasteiger partial charge in [-0.1, -0.05) is 91.7 Å². The lowest BCUT2D eigenvalue weighted by Crippen LogP contribution is -2.52. The summed E-state index contributed by atoms with van der Waals surface area (Å²) in [5.74, 6) is 0.456. The molecule has 5 nitrogen and oxygen atoms in total. The minimum absolute atomic E-state index is 0.183. The van der Waals surface area contributed by atoms with Crippen LogP contribution in [0.2, 0.25) is 5.02 Å². The number of hydrogen-bond donors (Lipinski definition) is 1. The molecule has 1 N–H and O–H groups in total. The van der Waals surface area contributed by atoms with Gasteiger partial charge in [0.1, 0.15) is 11.8 Å². The van der Waals surface area contributed by atoms with Crippen molar-refractivity contribution in [3.8, 4) is 5.75 Å². The first-order valence-corrected chi connectivity index (χ1v) is 12.7. The number of ether oxygens (including phenoxy) is 1. The highest BCUT2D eigenvalue weighted by molar-refractivity contribution is 6.31. The van der Waals surface area contributed by atoms with Crippen LogP contribution in [0.25, 0.3) is 0 Å². The highest BCUT2D eigenvalue weighted by atomic mass is 35.5. The number of halogens is 1. The van der Waals surface area contributed by atoms with Crippen LogP contribution in [-0.2, 0) is 22.6 Å². The average Bonchev–Trinajstić information content (AvgIpc) is 2.85. The van der Waals surface area contributed by atoms with Crippen molar-refractivity contribution >= 4 is 23.4 Å². The van der Waals surface area contributed by atoms with Gasteiger partial charge in [-0.25, -0.2) is 0 Å². The Morgan fingerprint density at radius 2 is 1.67 bits per heavy atom. The molecule has 3 rings (SSSR count). The van der Waals surface area contributed by atoms with E-state index in [1.807, 2.05) is 94.4 Å². The van der Waals surface area contributed by atoms with E-state index in [1.165, 1.54) is 0 Å². The number of benzene rings is 3. The molecule has 36 heavy (non-hydrogen) atoms. The predicted molar refractivity (Wildman–Crippen MR) is 145 cm³/mol. The van der Waals surface area contributed by atoms with Gasteiger partial charge >= 0.3 is 0 Å². The number of aryl methyl sites for hydroxylation is 2. The Labute approximate surface area is 219 Å².